The number of nitrogens with zero attached hydrogens (tertiary/aromatic N) is 2. The molecule has 0 spiro atoms. The Labute approximate surface area is 116 Å². The van der Waals surface area contributed by atoms with E-state index in [0.29, 0.717) is 6.07 Å². The van der Waals surface area contributed by atoms with Gasteiger partial charge in [0.05, 0.1) is 16.7 Å². The van der Waals surface area contributed by atoms with Crippen molar-refractivity contribution in [2.45, 2.75) is 12.5 Å². The number of benzene rings is 1. The number of halogens is 1. The lowest BCUT2D eigenvalue weighted by atomic mass is 10.1. The number of hydrogen-bond donors (Lipinski definition) is 2. The first-order valence-electron chi connectivity index (χ1n) is 5.58. The fourth-order valence-corrected chi connectivity index (χ4v) is 1.62. The van der Waals surface area contributed by atoms with Crippen LogP contribution in [0.25, 0.3) is 0 Å². The summed E-state index contributed by atoms with van der Waals surface area (Å²) in [5.41, 5.74) is -0.987. The average molecular weight is 297 g/mol. The average Bonchev–Trinajstić information content (AvgIpc) is 2.87. The molecule has 0 saturated heterocycles. The van der Waals surface area contributed by atoms with E-state index in [2.05, 4.69) is 15.3 Å². The molecule has 9 nitrogen and oxygen atoms in total. The van der Waals surface area contributed by atoms with Crippen molar-refractivity contribution in [2.24, 2.45) is 5.16 Å². The number of nitro benzene ring substituents is 1. The maximum atomic E-state index is 13.2. The number of hydrogen-bond acceptors (Lipinski definition) is 6. The van der Waals surface area contributed by atoms with E-state index in [0.717, 1.165) is 12.1 Å². The van der Waals surface area contributed by atoms with Crippen LogP contribution < -0.4 is 5.32 Å². The fourth-order valence-electron chi connectivity index (χ4n) is 1.62. The maximum Gasteiger partial charge on any atom is 0.353 e. The van der Waals surface area contributed by atoms with Crippen LogP contribution in [-0.4, -0.2) is 33.7 Å². The van der Waals surface area contributed by atoms with Crippen molar-refractivity contribution in [3.63, 3.8) is 0 Å². The van der Waals surface area contributed by atoms with Crippen LogP contribution in [0.5, 0.6) is 0 Å². The Bertz CT molecular complexity index is 659. The summed E-state index contributed by atoms with van der Waals surface area (Å²) in [6.45, 7) is 0. The highest BCUT2D eigenvalue weighted by molar-refractivity contribution is 6.36. The van der Waals surface area contributed by atoms with Crippen LogP contribution >= 0.6 is 0 Å². The number of aliphatic carboxylic acids is 1. The minimum Gasteiger partial charge on any atom is -0.477 e. The number of carbonyl (C=O) groups is 2. The van der Waals surface area contributed by atoms with E-state index in [1.807, 2.05) is 0 Å². The molecule has 0 bridgehead atoms. The Balaban J connectivity index is 2.07. The number of anilines is 1. The van der Waals surface area contributed by atoms with E-state index in [4.69, 9.17) is 5.11 Å². The first-order chi connectivity index (χ1) is 9.86. The van der Waals surface area contributed by atoms with Crippen molar-refractivity contribution in [3.8, 4) is 0 Å². The normalized spacial score (nSPS) is 16.8. The SMILES string of the molecule is O=C(O)C1=NOC(C(=O)Nc2cc(F)cc([N+](=O)[O-])c2)C1. The van der Waals surface area contributed by atoms with Crippen molar-refractivity contribution >= 4 is 29.0 Å². The van der Waals surface area contributed by atoms with Gasteiger partial charge in [0.15, 0.2) is 5.71 Å². The second-order valence-corrected chi connectivity index (χ2v) is 4.09. The Kier molecular flexibility index (Phi) is 3.78. The minimum atomic E-state index is -1.31. The monoisotopic (exact) mass is 297 g/mol. The molecule has 1 aliphatic rings. The number of carbonyl (C=O) groups excluding carboxylic acids is 1. The number of carboxylic acid groups (broad SMARTS) is 1. The first kappa shape index (κ1) is 14.4. The van der Waals surface area contributed by atoms with Crippen molar-refractivity contribution in [3.05, 3.63) is 34.1 Å². The van der Waals surface area contributed by atoms with Crippen molar-refractivity contribution in [1.29, 1.82) is 0 Å². The maximum absolute atomic E-state index is 13.2. The Hall–Kier alpha value is -3.04. The summed E-state index contributed by atoms with van der Waals surface area (Å²) in [7, 11) is 0. The van der Waals surface area contributed by atoms with Gasteiger partial charge in [0.2, 0.25) is 6.10 Å². The van der Waals surface area contributed by atoms with Gasteiger partial charge in [-0.1, -0.05) is 5.16 Å². The molecule has 1 aromatic rings. The molecule has 0 aromatic heterocycles. The number of rotatable bonds is 4. The lowest BCUT2D eigenvalue weighted by molar-refractivity contribution is -0.385. The van der Waals surface area contributed by atoms with Gasteiger partial charge in [0.1, 0.15) is 5.82 Å². The zero-order chi connectivity index (χ0) is 15.6. The van der Waals surface area contributed by atoms with Gasteiger partial charge in [-0.05, 0) is 6.07 Å². The van der Waals surface area contributed by atoms with Gasteiger partial charge in [-0.15, -0.1) is 0 Å². The summed E-state index contributed by atoms with van der Waals surface area (Å²) >= 11 is 0. The molecule has 110 valence electrons. The van der Waals surface area contributed by atoms with E-state index in [-0.39, 0.29) is 17.8 Å². The van der Waals surface area contributed by atoms with Crippen molar-refractivity contribution in [2.75, 3.05) is 5.32 Å². The summed E-state index contributed by atoms with van der Waals surface area (Å²) in [4.78, 5) is 36.8. The first-order valence-corrected chi connectivity index (χ1v) is 5.58. The van der Waals surface area contributed by atoms with E-state index in [1.165, 1.54) is 0 Å². The van der Waals surface area contributed by atoms with E-state index >= 15 is 0 Å². The third-order valence-corrected chi connectivity index (χ3v) is 2.57. The molecule has 1 aliphatic heterocycles. The third kappa shape index (κ3) is 3.29. The van der Waals surface area contributed by atoms with Gasteiger partial charge in [0, 0.05) is 12.5 Å². The van der Waals surface area contributed by atoms with Gasteiger partial charge in [0.25, 0.3) is 11.6 Å². The van der Waals surface area contributed by atoms with Crippen LogP contribution in [0.2, 0.25) is 0 Å². The van der Waals surface area contributed by atoms with Gasteiger partial charge in [-0.2, -0.15) is 0 Å². The van der Waals surface area contributed by atoms with Gasteiger partial charge >= 0.3 is 5.97 Å². The molecule has 0 aliphatic carbocycles. The standard InChI is InChI=1S/C11H8FN3O6/c12-5-1-6(3-7(2-5)15(19)20)13-10(16)9-4-8(11(17)18)14-21-9/h1-3,9H,4H2,(H,13,16)(H,17,18). The number of nitrogens with one attached hydrogen (secondary N) is 1. The van der Waals surface area contributed by atoms with E-state index in [9.17, 15) is 24.1 Å². The van der Waals surface area contributed by atoms with Gasteiger partial charge < -0.3 is 15.3 Å². The predicted octanol–water partition coefficient (Wildman–Crippen LogP) is 0.902. The van der Waals surface area contributed by atoms with Crippen LogP contribution in [0.15, 0.2) is 23.4 Å². The van der Waals surface area contributed by atoms with E-state index in [1.54, 1.807) is 0 Å². The zero-order valence-corrected chi connectivity index (χ0v) is 10.3. The predicted molar refractivity (Wildman–Crippen MR) is 66.2 cm³/mol. The molecule has 1 aromatic carbocycles. The van der Waals surface area contributed by atoms with Crippen LogP contribution in [0.4, 0.5) is 15.8 Å². The highest BCUT2D eigenvalue weighted by Gasteiger charge is 2.31. The zero-order valence-electron chi connectivity index (χ0n) is 10.3. The van der Waals surface area contributed by atoms with Crippen LogP contribution in [0.1, 0.15) is 6.42 Å². The smallest absolute Gasteiger partial charge is 0.353 e. The number of nitro groups is 1. The molecule has 10 heteroatoms. The minimum absolute atomic E-state index is 0.140. The molecular formula is C11H8FN3O6. The largest absolute Gasteiger partial charge is 0.477 e. The molecular weight excluding hydrogens is 289 g/mol. The van der Waals surface area contributed by atoms with Crippen molar-refractivity contribution in [1.82, 2.24) is 0 Å². The molecule has 2 rings (SSSR count). The van der Waals surface area contributed by atoms with Gasteiger partial charge in [-0.3, -0.25) is 14.9 Å². The molecule has 0 radical (unpaired) electrons. The lowest BCUT2D eigenvalue weighted by Crippen LogP contribution is -2.29. The van der Waals surface area contributed by atoms with Gasteiger partial charge in [-0.25, -0.2) is 9.18 Å². The number of amides is 1. The third-order valence-electron chi connectivity index (χ3n) is 2.57. The molecule has 1 amide bonds. The molecule has 21 heavy (non-hydrogen) atoms. The summed E-state index contributed by atoms with van der Waals surface area (Å²) in [5.74, 6) is -2.99. The number of carboxylic acids is 1. The molecule has 0 fully saturated rings. The van der Waals surface area contributed by atoms with Crippen LogP contribution in [0, 0.1) is 15.9 Å². The lowest BCUT2D eigenvalue weighted by Gasteiger charge is -2.09. The van der Waals surface area contributed by atoms with Crippen LogP contribution in [0.3, 0.4) is 0 Å². The molecule has 2 N–H and O–H groups in total. The molecule has 1 atom stereocenters. The van der Waals surface area contributed by atoms with Crippen molar-refractivity contribution < 1.29 is 28.8 Å². The topological polar surface area (TPSA) is 131 Å². The summed E-state index contributed by atoms with van der Waals surface area (Å²) in [5, 5.41) is 24.7. The Morgan fingerprint density at radius 3 is 2.76 bits per heavy atom. The highest BCUT2D eigenvalue weighted by Crippen LogP contribution is 2.21. The number of non-ortho nitro benzene ring substituents is 1. The molecule has 0 saturated carbocycles. The summed E-state index contributed by atoms with van der Waals surface area (Å²) in [6.07, 6.45) is -1.43. The van der Waals surface area contributed by atoms with Crippen LogP contribution in [-0.2, 0) is 14.4 Å². The second kappa shape index (κ2) is 5.53. The Morgan fingerprint density at radius 1 is 1.48 bits per heavy atom. The Morgan fingerprint density at radius 2 is 2.19 bits per heavy atom. The molecule has 1 heterocycles. The summed E-state index contributed by atoms with van der Waals surface area (Å²) in [6, 6.07) is 2.56. The quantitative estimate of drug-likeness (QED) is 0.627. The highest BCUT2D eigenvalue weighted by atomic mass is 19.1. The molecule has 1 unspecified atom stereocenters. The second-order valence-electron chi connectivity index (χ2n) is 4.09. The summed E-state index contributed by atoms with van der Waals surface area (Å²) < 4.78 is 13.2. The number of oxime groups is 1. The fraction of sp³-hybridized carbons (Fsp3) is 0.182. The van der Waals surface area contributed by atoms with E-state index < -0.39 is 34.4 Å².